The van der Waals surface area contributed by atoms with Gasteiger partial charge in [-0.1, -0.05) is 52.3 Å². The van der Waals surface area contributed by atoms with Gasteiger partial charge in [-0.15, -0.1) is 11.6 Å². The number of rotatable bonds is 3. The molecule has 2 aromatic carbocycles. The van der Waals surface area contributed by atoms with Crippen molar-refractivity contribution < 1.29 is 0 Å². The molecule has 0 aliphatic carbocycles. The van der Waals surface area contributed by atoms with Crippen LogP contribution in [0.3, 0.4) is 0 Å². The van der Waals surface area contributed by atoms with Crippen LogP contribution in [0.4, 0.5) is 0 Å². The summed E-state index contributed by atoms with van der Waals surface area (Å²) in [6, 6.07) is 12.8. The lowest BCUT2D eigenvalue weighted by atomic mass is 9.99. The molecule has 0 N–H and O–H groups in total. The van der Waals surface area contributed by atoms with Gasteiger partial charge >= 0.3 is 0 Å². The summed E-state index contributed by atoms with van der Waals surface area (Å²) in [5, 5.41) is -0.00335. The molecule has 0 amide bonds. The molecule has 0 saturated carbocycles. The Kier molecular flexibility index (Phi) is 4.70. The van der Waals surface area contributed by atoms with Crippen LogP contribution < -0.4 is 0 Å². The highest BCUT2D eigenvalue weighted by atomic mass is 79.9. The highest BCUT2D eigenvalue weighted by molar-refractivity contribution is 9.10. The van der Waals surface area contributed by atoms with Gasteiger partial charge in [-0.2, -0.15) is 0 Å². The predicted octanol–water partition coefficient (Wildman–Crippen LogP) is 5.90. The number of hydrogen-bond donors (Lipinski definition) is 0. The molecule has 1 atom stereocenters. The normalized spacial score (nSPS) is 12.5. The Morgan fingerprint density at radius 3 is 2.42 bits per heavy atom. The summed E-state index contributed by atoms with van der Waals surface area (Å²) < 4.78 is 1.12. The lowest BCUT2D eigenvalue weighted by Gasteiger charge is -2.14. The van der Waals surface area contributed by atoms with Gasteiger partial charge in [0.05, 0.1) is 5.38 Å². The van der Waals surface area contributed by atoms with Crippen molar-refractivity contribution in [3.05, 3.63) is 68.7 Å². The zero-order valence-corrected chi connectivity index (χ0v) is 13.8. The van der Waals surface area contributed by atoms with Crippen molar-refractivity contribution in [3.8, 4) is 0 Å². The molecule has 0 radical (unpaired) electrons. The van der Waals surface area contributed by atoms with E-state index in [0.717, 1.165) is 10.9 Å². The smallest absolute Gasteiger partial charge is 0.0636 e. The van der Waals surface area contributed by atoms with E-state index in [1.165, 1.54) is 27.8 Å². The predicted molar refractivity (Wildman–Crippen MR) is 87.1 cm³/mol. The Balaban J connectivity index is 2.23. The van der Waals surface area contributed by atoms with E-state index in [-0.39, 0.29) is 5.38 Å². The van der Waals surface area contributed by atoms with Crippen molar-refractivity contribution >= 4 is 27.5 Å². The van der Waals surface area contributed by atoms with E-state index in [1.807, 2.05) is 0 Å². The fourth-order valence-electron chi connectivity index (χ4n) is 2.16. The highest BCUT2D eigenvalue weighted by Gasteiger charge is 2.13. The van der Waals surface area contributed by atoms with Gasteiger partial charge in [-0.05, 0) is 55.0 Å². The summed E-state index contributed by atoms with van der Waals surface area (Å²) in [4.78, 5) is 0. The average molecular weight is 338 g/mol. The third kappa shape index (κ3) is 3.40. The third-order valence-electron chi connectivity index (χ3n) is 3.55. The molecule has 1 unspecified atom stereocenters. The Morgan fingerprint density at radius 1 is 1.00 bits per heavy atom. The van der Waals surface area contributed by atoms with Crippen molar-refractivity contribution in [1.29, 1.82) is 0 Å². The van der Waals surface area contributed by atoms with Gasteiger partial charge in [0.25, 0.3) is 0 Å². The van der Waals surface area contributed by atoms with Crippen LogP contribution in [-0.2, 0) is 6.42 Å². The van der Waals surface area contributed by atoms with Gasteiger partial charge in [-0.3, -0.25) is 0 Å². The molecule has 100 valence electrons. The molecule has 0 saturated heterocycles. The zero-order chi connectivity index (χ0) is 14.0. The maximum absolute atomic E-state index is 6.58. The van der Waals surface area contributed by atoms with Crippen molar-refractivity contribution in [2.75, 3.05) is 0 Å². The lowest BCUT2D eigenvalue weighted by molar-refractivity contribution is 0.909. The van der Waals surface area contributed by atoms with Crippen LogP contribution in [0.2, 0.25) is 0 Å². The van der Waals surface area contributed by atoms with Gasteiger partial charge in [0.1, 0.15) is 0 Å². The van der Waals surface area contributed by atoms with Crippen LogP contribution in [0.1, 0.15) is 33.2 Å². The molecule has 0 heterocycles. The lowest BCUT2D eigenvalue weighted by Crippen LogP contribution is -1.99. The van der Waals surface area contributed by atoms with Crippen molar-refractivity contribution in [1.82, 2.24) is 0 Å². The van der Waals surface area contributed by atoms with Crippen molar-refractivity contribution in [3.63, 3.8) is 0 Å². The number of alkyl halides is 1. The van der Waals surface area contributed by atoms with Gasteiger partial charge in [0.15, 0.2) is 0 Å². The van der Waals surface area contributed by atoms with E-state index in [1.54, 1.807) is 0 Å². The van der Waals surface area contributed by atoms with Gasteiger partial charge < -0.3 is 0 Å². The first-order valence-corrected chi connectivity index (χ1v) is 7.67. The first-order valence-electron chi connectivity index (χ1n) is 6.44. The second-order valence-corrected chi connectivity index (χ2v) is 6.39. The standard InChI is InChI=1S/C17H18BrCl/c1-11-7-8-14(9-13(11)3)10-16(19)15-6-4-5-12(2)17(15)18/h4-9,16H,10H2,1-3H3. The number of hydrogen-bond acceptors (Lipinski definition) is 0. The van der Waals surface area contributed by atoms with E-state index in [4.69, 9.17) is 11.6 Å². The summed E-state index contributed by atoms with van der Waals surface area (Å²) in [6.07, 6.45) is 0.852. The average Bonchev–Trinajstić information content (AvgIpc) is 2.37. The van der Waals surface area contributed by atoms with E-state index < -0.39 is 0 Å². The van der Waals surface area contributed by atoms with E-state index in [0.29, 0.717) is 0 Å². The highest BCUT2D eigenvalue weighted by Crippen LogP contribution is 2.33. The number of halogens is 2. The fourth-order valence-corrected chi connectivity index (χ4v) is 3.19. The van der Waals surface area contributed by atoms with Crippen molar-refractivity contribution in [2.24, 2.45) is 0 Å². The first-order chi connectivity index (χ1) is 8.99. The van der Waals surface area contributed by atoms with Crippen LogP contribution >= 0.6 is 27.5 Å². The van der Waals surface area contributed by atoms with Gasteiger partial charge in [0.2, 0.25) is 0 Å². The SMILES string of the molecule is Cc1ccc(CC(Cl)c2cccc(C)c2Br)cc1C. The Labute approximate surface area is 128 Å². The molecule has 0 aromatic heterocycles. The van der Waals surface area contributed by atoms with Crippen LogP contribution in [-0.4, -0.2) is 0 Å². The van der Waals surface area contributed by atoms with Crippen LogP contribution in [0.15, 0.2) is 40.9 Å². The Hall–Kier alpha value is -0.790. The molecule has 0 aliphatic rings. The van der Waals surface area contributed by atoms with E-state index in [2.05, 4.69) is 73.1 Å². The monoisotopic (exact) mass is 336 g/mol. The maximum atomic E-state index is 6.58. The number of benzene rings is 2. The largest absolute Gasteiger partial charge is 0.117 e. The quantitative estimate of drug-likeness (QED) is 0.612. The minimum atomic E-state index is -0.00335. The topological polar surface area (TPSA) is 0 Å². The molecule has 2 rings (SSSR count). The van der Waals surface area contributed by atoms with Crippen LogP contribution in [0, 0.1) is 20.8 Å². The van der Waals surface area contributed by atoms with E-state index >= 15 is 0 Å². The molecule has 2 aromatic rings. The molecular weight excluding hydrogens is 320 g/mol. The number of aryl methyl sites for hydroxylation is 3. The fraction of sp³-hybridized carbons (Fsp3) is 0.294. The van der Waals surface area contributed by atoms with Gasteiger partial charge in [-0.25, -0.2) is 0 Å². The Morgan fingerprint density at radius 2 is 1.74 bits per heavy atom. The summed E-state index contributed by atoms with van der Waals surface area (Å²) in [6.45, 7) is 6.37. The minimum Gasteiger partial charge on any atom is -0.117 e. The van der Waals surface area contributed by atoms with Crippen molar-refractivity contribution in [2.45, 2.75) is 32.6 Å². The van der Waals surface area contributed by atoms with E-state index in [9.17, 15) is 0 Å². The summed E-state index contributed by atoms with van der Waals surface area (Å²) in [5.41, 5.74) is 6.33. The molecule has 0 fully saturated rings. The summed E-state index contributed by atoms with van der Waals surface area (Å²) >= 11 is 10.2. The van der Waals surface area contributed by atoms with Crippen LogP contribution in [0.5, 0.6) is 0 Å². The maximum Gasteiger partial charge on any atom is 0.0636 e. The molecular formula is C17H18BrCl. The molecule has 2 heteroatoms. The Bertz CT molecular complexity index is 590. The molecule has 0 nitrogen and oxygen atoms in total. The first kappa shape index (κ1) is 14.6. The molecule has 0 aliphatic heterocycles. The van der Waals surface area contributed by atoms with Crippen LogP contribution in [0.25, 0.3) is 0 Å². The molecule has 19 heavy (non-hydrogen) atoms. The third-order valence-corrected chi connectivity index (χ3v) is 5.02. The summed E-state index contributed by atoms with van der Waals surface area (Å²) in [7, 11) is 0. The molecule has 0 spiro atoms. The molecule has 0 bridgehead atoms. The van der Waals surface area contributed by atoms with Gasteiger partial charge in [0, 0.05) is 4.47 Å². The second kappa shape index (κ2) is 6.11. The summed E-state index contributed by atoms with van der Waals surface area (Å²) in [5.74, 6) is 0. The zero-order valence-electron chi connectivity index (χ0n) is 11.5. The minimum absolute atomic E-state index is 0.00335. The second-order valence-electron chi connectivity index (χ2n) is 5.07.